The van der Waals surface area contributed by atoms with Gasteiger partial charge in [0.05, 0.1) is 4.90 Å². The van der Waals surface area contributed by atoms with E-state index in [0.29, 0.717) is 6.42 Å². The molecule has 0 amide bonds. The fourth-order valence-corrected chi connectivity index (χ4v) is 3.25. The molecule has 18 heavy (non-hydrogen) atoms. The molecule has 0 spiro atoms. The molecule has 1 aromatic rings. The molecule has 0 saturated carbocycles. The molecule has 0 radical (unpaired) electrons. The molecule has 1 atom stereocenters. The molecule has 1 rings (SSSR count). The summed E-state index contributed by atoms with van der Waals surface area (Å²) < 4.78 is 26.8. The first-order valence-corrected chi connectivity index (χ1v) is 7.54. The predicted molar refractivity (Wildman–Crippen MR) is 71.3 cm³/mol. The van der Waals surface area contributed by atoms with Crippen LogP contribution in [0.15, 0.2) is 22.0 Å². The summed E-state index contributed by atoms with van der Waals surface area (Å²) >= 11 is 5.62. The summed E-state index contributed by atoms with van der Waals surface area (Å²) in [4.78, 5) is 13.3. The molecule has 7 heteroatoms. The van der Waals surface area contributed by atoms with Crippen molar-refractivity contribution in [2.45, 2.75) is 38.1 Å². The van der Waals surface area contributed by atoms with Crippen molar-refractivity contribution in [3.8, 4) is 0 Å². The molecule has 0 aliphatic rings. The van der Waals surface area contributed by atoms with Gasteiger partial charge in [0.2, 0.25) is 10.0 Å². The molecule has 0 aromatic carbocycles. The molecule has 1 aromatic heterocycles. The molecule has 0 bridgehead atoms. The Morgan fingerprint density at radius 3 is 2.50 bits per heavy atom. The normalized spacial score (nSPS) is 13.8. The van der Waals surface area contributed by atoms with Crippen LogP contribution in [0.25, 0.3) is 0 Å². The summed E-state index contributed by atoms with van der Waals surface area (Å²) in [7, 11) is -3.66. The van der Waals surface area contributed by atoms with Gasteiger partial charge >= 0.3 is 0 Å². The summed E-state index contributed by atoms with van der Waals surface area (Å²) in [5.74, 6) is 0.183. The largest absolute Gasteiger partial charge is 0.326 e. The Labute approximate surface area is 112 Å². The highest BCUT2D eigenvalue weighted by Gasteiger charge is 2.21. The third-order valence-electron chi connectivity index (χ3n) is 2.69. The van der Waals surface area contributed by atoms with E-state index >= 15 is 0 Å². The van der Waals surface area contributed by atoms with E-state index in [9.17, 15) is 13.2 Å². The third kappa shape index (κ3) is 3.57. The zero-order valence-electron chi connectivity index (χ0n) is 10.5. The fraction of sp³-hybridized carbons (Fsp3) is 0.545. The highest BCUT2D eigenvalue weighted by Crippen LogP contribution is 2.14. The number of halogens is 1. The summed E-state index contributed by atoms with van der Waals surface area (Å²) in [6.45, 7) is 5.79. The molecule has 2 N–H and O–H groups in total. The van der Waals surface area contributed by atoms with E-state index < -0.39 is 15.6 Å². The van der Waals surface area contributed by atoms with Gasteiger partial charge in [-0.2, -0.15) is 0 Å². The Morgan fingerprint density at radius 1 is 1.44 bits per heavy atom. The molecule has 1 heterocycles. The zero-order valence-corrected chi connectivity index (χ0v) is 12.1. The average molecular weight is 293 g/mol. The van der Waals surface area contributed by atoms with E-state index in [2.05, 4.69) is 9.71 Å². The number of hydrogen-bond acceptors (Lipinski definition) is 3. The van der Waals surface area contributed by atoms with E-state index in [1.807, 2.05) is 20.8 Å². The minimum absolute atomic E-state index is 0.0359. The van der Waals surface area contributed by atoms with E-state index in [1.54, 1.807) is 0 Å². The first-order chi connectivity index (χ1) is 8.27. The number of aromatic amines is 1. The molecule has 1 unspecified atom stereocenters. The van der Waals surface area contributed by atoms with Crippen molar-refractivity contribution < 1.29 is 8.42 Å². The quantitative estimate of drug-likeness (QED) is 0.867. The van der Waals surface area contributed by atoms with Crippen LogP contribution in [0.1, 0.15) is 27.2 Å². The van der Waals surface area contributed by atoms with Crippen molar-refractivity contribution in [2.24, 2.45) is 5.92 Å². The Morgan fingerprint density at radius 2 is 2.06 bits per heavy atom. The van der Waals surface area contributed by atoms with E-state index in [0.717, 1.165) is 12.3 Å². The molecule has 0 saturated heterocycles. The number of rotatable bonds is 5. The van der Waals surface area contributed by atoms with Crippen LogP contribution in [0.5, 0.6) is 0 Å². The second-order valence-corrected chi connectivity index (χ2v) is 6.51. The summed E-state index contributed by atoms with van der Waals surface area (Å²) in [6, 6.07) is 0.996. The summed E-state index contributed by atoms with van der Waals surface area (Å²) in [6.07, 6.45) is 1.83. The summed E-state index contributed by atoms with van der Waals surface area (Å²) in [5, 5.41) is -0.143. The number of H-pyrrole nitrogens is 1. The number of nitrogens with one attached hydrogen (secondary N) is 2. The molecular formula is C11H17ClN2O3S. The van der Waals surface area contributed by atoms with Crippen LogP contribution in [0.3, 0.4) is 0 Å². The van der Waals surface area contributed by atoms with Gasteiger partial charge in [0.15, 0.2) is 0 Å². The second kappa shape index (κ2) is 5.86. The molecular weight excluding hydrogens is 276 g/mol. The number of hydrogen-bond donors (Lipinski definition) is 2. The fourth-order valence-electron chi connectivity index (χ4n) is 1.55. The van der Waals surface area contributed by atoms with Crippen molar-refractivity contribution >= 4 is 21.6 Å². The van der Waals surface area contributed by atoms with E-state index in [1.165, 1.54) is 0 Å². The maximum Gasteiger partial charge on any atom is 0.266 e. The predicted octanol–water partition coefficient (Wildman–Crippen LogP) is 1.74. The first kappa shape index (κ1) is 15.2. The lowest BCUT2D eigenvalue weighted by molar-refractivity contribution is 0.437. The van der Waals surface area contributed by atoms with Crippen LogP contribution >= 0.6 is 11.6 Å². The van der Waals surface area contributed by atoms with Crippen LogP contribution in [-0.2, 0) is 10.0 Å². The van der Waals surface area contributed by atoms with Crippen LogP contribution < -0.4 is 10.3 Å². The smallest absolute Gasteiger partial charge is 0.266 e. The third-order valence-corrected chi connectivity index (χ3v) is 4.44. The molecule has 5 nitrogen and oxygen atoms in total. The van der Waals surface area contributed by atoms with Gasteiger partial charge in [-0.25, -0.2) is 13.1 Å². The average Bonchev–Trinajstić information content (AvgIpc) is 2.29. The van der Waals surface area contributed by atoms with Crippen molar-refractivity contribution in [2.75, 3.05) is 0 Å². The molecule has 0 aliphatic carbocycles. The van der Waals surface area contributed by atoms with Gasteiger partial charge in [-0.3, -0.25) is 4.79 Å². The minimum Gasteiger partial charge on any atom is -0.326 e. The molecule has 102 valence electrons. The van der Waals surface area contributed by atoms with Crippen LogP contribution in [0, 0.1) is 5.92 Å². The lowest BCUT2D eigenvalue weighted by Gasteiger charge is -2.20. The highest BCUT2D eigenvalue weighted by atomic mass is 35.5. The SMILES string of the molecule is CCC(NS(=O)(=O)c1c[nH]c(=O)c(Cl)c1)C(C)C. The van der Waals surface area contributed by atoms with Crippen molar-refractivity contribution in [1.82, 2.24) is 9.71 Å². The maximum absolute atomic E-state index is 12.1. The van der Waals surface area contributed by atoms with E-state index in [4.69, 9.17) is 11.6 Å². The topological polar surface area (TPSA) is 79.0 Å². The lowest BCUT2D eigenvalue weighted by atomic mass is 10.0. The van der Waals surface area contributed by atoms with Crippen molar-refractivity contribution in [3.63, 3.8) is 0 Å². The molecule has 0 aliphatic heterocycles. The van der Waals surface area contributed by atoms with Crippen LogP contribution in [0.4, 0.5) is 0 Å². The minimum atomic E-state index is -3.66. The van der Waals surface area contributed by atoms with E-state index in [-0.39, 0.29) is 21.9 Å². The highest BCUT2D eigenvalue weighted by molar-refractivity contribution is 7.89. The number of aromatic nitrogens is 1. The standard InChI is InChI=1S/C11H17ClN2O3S/c1-4-10(7(2)3)14-18(16,17)8-5-9(12)11(15)13-6-8/h5-7,10,14H,4H2,1-3H3,(H,13,15). The number of sulfonamides is 1. The zero-order chi connectivity index (χ0) is 13.9. The molecule has 0 fully saturated rings. The van der Waals surface area contributed by atoms with Gasteiger partial charge in [-0.05, 0) is 18.4 Å². The van der Waals surface area contributed by atoms with Gasteiger partial charge < -0.3 is 4.98 Å². The first-order valence-electron chi connectivity index (χ1n) is 5.68. The Bertz CT molecular complexity index is 566. The van der Waals surface area contributed by atoms with Gasteiger partial charge in [-0.15, -0.1) is 0 Å². The van der Waals surface area contributed by atoms with Crippen molar-refractivity contribution in [1.29, 1.82) is 0 Å². The Balaban J connectivity index is 3.06. The van der Waals surface area contributed by atoms with Gasteiger partial charge in [0, 0.05) is 12.2 Å². The van der Waals surface area contributed by atoms with Gasteiger partial charge in [0.1, 0.15) is 5.02 Å². The van der Waals surface area contributed by atoms with Gasteiger partial charge in [0.25, 0.3) is 5.56 Å². The van der Waals surface area contributed by atoms with Crippen LogP contribution in [0.2, 0.25) is 5.02 Å². The number of pyridine rings is 1. The maximum atomic E-state index is 12.1. The van der Waals surface area contributed by atoms with Crippen molar-refractivity contribution in [3.05, 3.63) is 27.6 Å². The monoisotopic (exact) mass is 292 g/mol. The second-order valence-electron chi connectivity index (χ2n) is 4.39. The Hall–Kier alpha value is -0.850. The lowest BCUT2D eigenvalue weighted by Crippen LogP contribution is -2.38. The Kier molecular flexibility index (Phi) is 4.95. The summed E-state index contributed by atoms with van der Waals surface area (Å²) in [5.41, 5.74) is -0.508. The van der Waals surface area contributed by atoms with Gasteiger partial charge in [-0.1, -0.05) is 32.4 Å². The van der Waals surface area contributed by atoms with Crippen LogP contribution in [-0.4, -0.2) is 19.4 Å².